The summed E-state index contributed by atoms with van der Waals surface area (Å²) in [6.07, 6.45) is 0. The monoisotopic (exact) mass is 316 g/mol. The molecule has 0 saturated heterocycles. The maximum absolute atomic E-state index is 12.7. The Morgan fingerprint density at radius 1 is 0.833 bits per heavy atom. The summed E-state index contributed by atoms with van der Waals surface area (Å²) in [6.45, 7) is 8.06. The summed E-state index contributed by atoms with van der Waals surface area (Å²) in [5.41, 5.74) is 3.59. The van der Waals surface area contributed by atoms with E-state index in [0.717, 1.165) is 5.56 Å². The predicted octanol–water partition coefficient (Wildman–Crippen LogP) is 4.91. The predicted molar refractivity (Wildman–Crippen MR) is 93.9 cm³/mol. The number of benzene rings is 2. The Kier molecular flexibility index (Phi) is 5.17. The largest absolute Gasteiger partial charge is 0.289 e. The van der Waals surface area contributed by atoms with Crippen LogP contribution in [0.4, 0.5) is 0 Å². The van der Waals surface area contributed by atoms with Crippen molar-refractivity contribution in [3.05, 3.63) is 69.8 Å². The van der Waals surface area contributed by atoms with Gasteiger partial charge in [-0.3, -0.25) is 4.79 Å². The van der Waals surface area contributed by atoms with Gasteiger partial charge in [-0.15, -0.1) is 0 Å². The van der Waals surface area contributed by atoms with Crippen molar-refractivity contribution in [2.24, 2.45) is 0 Å². The molecule has 2 aromatic carbocycles. The van der Waals surface area contributed by atoms with Crippen molar-refractivity contribution in [2.75, 3.05) is 0 Å². The number of hydrogen-bond acceptors (Lipinski definition) is 3. The van der Waals surface area contributed by atoms with Crippen molar-refractivity contribution in [1.82, 2.24) is 0 Å². The number of rotatable bonds is 4. The summed E-state index contributed by atoms with van der Waals surface area (Å²) in [4.78, 5) is 12.7. The first-order valence-electron chi connectivity index (χ1n) is 8.01. The molecule has 0 bridgehead atoms. The SMILES string of the molecule is CC(C)c1ccc(C(=O)c2cc(C#N)c(C(C)C)c(C#N)c2)cc1. The summed E-state index contributed by atoms with van der Waals surface area (Å²) in [5.74, 6) is 0.271. The van der Waals surface area contributed by atoms with Crippen LogP contribution in [0.1, 0.15) is 77.7 Å². The number of ketones is 1. The number of hydrogen-bond donors (Lipinski definition) is 0. The van der Waals surface area contributed by atoms with Crippen LogP contribution >= 0.6 is 0 Å². The third kappa shape index (κ3) is 3.36. The Morgan fingerprint density at radius 3 is 1.71 bits per heavy atom. The van der Waals surface area contributed by atoms with Gasteiger partial charge in [0.1, 0.15) is 0 Å². The lowest BCUT2D eigenvalue weighted by Gasteiger charge is -2.12. The van der Waals surface area contributed by atoms with Crippen molar-refractivity contribution in [3.8, 4) is 12.1 Å². The van der Waals surface area contributed by atoms with Crippen LogP contribution in [0.2, 0.25) is 0 Å². The van der Waals surface area contributed by atoms with E-state index in [0.29, 0.717) is 33.7 Å². The van der Waals surface area contributed by atoms with Crippen LogP contribution < -0.4 is 0 Å². The molecule has 0 radical (unpaired) electrons. The summed E-state index contributed by atoms with van der Waals surface area (Å²) in [6, 6.07) is 14.9. The Labute approximate surface area is 143 Å². The fourth-order valence-corrected chi connectivity index (χ4v) is 2.78. The van der Waals surface area contributed by atoms with E-state index in [4.69, 9.17) is 0 Å². The van der Waals surface area contributed by atoms with Crippen molar-refractivity contribution in [2.45, 2.75) is 39.5 Å². The molecule has 0 spiro atoms. The maximum atomic E-state index is 12.7. The lowest BCUT2D eigenvalue weighted by molar-refractivity contribution is 0.103. The molecule has 0 fully saturated rings. The van der Waals surface area contributed by atoms with Gasteiger partial charge < -0.3 is 0 Å². The Balaban J connectivity index is 2.51. The molecule has 0 aliphatic heterocycles. The molecule has 2 rings (SSSR count). The average molecular weight is 316 g/mol. The topological polar surface area (TPSA) is 64.7 Å². The minimum absolute atomic E-state index is 0.0452. The van der Waals surface area contributed by atoms with Crippen molar-refractivity contribution < 1.29 is 4.79 Å². The average Bonchev–Trinajstić information content (AvgIpc) is 2.59. The second kappa shape index (κ2) is 7.11. The first-order valence-corrected chi connectivity index (χ1v) is 8.01. The highest BCUT2D eigenvalue weighted by Crippen LogP contribution is 2.26. The standard InChI is InChI=1S/C21H20N2O/c1-13(2)15-5-7-16(8-6-15)21(24)17-9-18(11-22)20(14(3)4)19(10-17)12-23/h5-10,13-14H,1-4H3. The van der Waals surface area contributed by atoms with Crippen LogP contribution in [0.3, 0.4) is 0 Å². The second-order valence-electron chi connectivity index (χ2n) is 6.47. The van der Waals surface area contributed by atoms with Gasteiger partial charge in [-0.2, -0.15) is 10.5 Å². The lowest BCUT2D eigenvalue weighted by Crippen LogP contribution is -2.06. The van der Waals surface area contributed by atoms with E-state index in [1.54, 1.807) is 24.3 Å². The van der Waals surface area contributed by atoms with Crippen LogP contribution in [0, 0.1) is 22.7 Å². The molecule has 0 saturated carbocycles. The normalized spacial score (nSPS) is 10.5. The van der Waals surface area contributed by atoms with Gasteiger partial charge in [0.05, 0.1) is 23.3 Å². The highest BCUT2D eigenvalue weighted by atomic mass is 16.1. The van der Waals surface area contributed by atoms with Crippen LogP contribution in [0.25, 0.3) is 0 Å². The van der Waals surface area contributed by atoms with E-state index in [9.17, 15) is 15.3 Å². The Bertz CT molecular complexity index is 812. The van der Waals surface area contributed by atoms with Crippen LogP contribution in [0.5, 0.6) is 0 Å². The Morgan fingerprint density at radius 2 is 1.33 bits per heavy atom. The smallest absolute Gasteiger partial charge is 0.193 e. The minimum atomic E-state index is -0.173. The third-order valence-electron chi connectivity index (χ3n) is 4.10. The molecule has 3 nitrogen and oxygen atoms in total. The zero-order chi connectivity index (χ0) is 17.9. The maximum Gasteiger partial charge on any atom is 0.193 e. The summed E-state index contributed by atoms with van der Waals surface area (Å²) < 4.78 is 0. The minimum Gasteiger partial charge on any atom is -0.289 e. The fraction of sp³-hybridized carbons (Fsp3) is 0.286. The van der Waals surface area contributed by atoms with Crippen LogP contribution in [-0.4, -0.2) is 5.78 Å². The summed E-state index contributed by atoms with van der Waals surface area (Å²) in [5, 5.41) is 18.8. The summed E-state index contributed by atoms with van der Waals surface area (Å²) >= 11 is 0. The fourth-order valence-electron chi connectivity index (χ4n) is 2.78. The van der Waals surface area contributed by atoms with Crippen molar-refractivity contribution >= 4 is 5.78 Å². The zero-order valence-electron chi connectivity index (χ0n) is 14.4. The molecule has 0 aromatic heterocycles. The number of nitriles is 2. The van der Waals surface area contributed by atoms with Gasteiger partial charge in [-0.05, 0) is 35.1 Å². The van der Waals surface area contributed by atoms with Crippen molar-refractivity contribution in [3.63, 3.8) is 0 Å². The Hall–Kier alpha value is -2.91. The highest BCUT2D eigenvalue weighted by molar-refractivity contribution is 6.09. The summed E-state index contributed by atoms with van der Waals surface area (Å²) in [7, 11) is 0. The van der Waals surface area contributed by atoms with Crippen LogP contribution in [0.15, 0.2) is 36.4 Å². The molecular formula is C21H20N2O. The van der Waals surface area contributed by atoms with Gasteiger partial charge in [0.2, 0.25) is 0 Å². The van der Waals surface area contributed by atoms with Crippen molar-refractivity contribution in [1.29, 1.82) is 10.5 Å². The quantitative estimate of drug-likeness (QED) is 0.753. The second-order valence-corrected chi connectivity index (χ2v) is 6.47. The van der Waals surface area contributed by atoms with E-state index in [1.807, 2.05) is 26.0 Å². The van der Waals surface area contributed by atoms with E-state index < -0.39 is 0 Å². The van der Waals surface area contributed by atoms with Gasteiger partial charge in [0.15, 0.2) is 5.78 Å². The van der Waals surface area contributed by atoms with Crippen LogP contribution in [-0.2, 0) is 0 Å². The molecule has 0 amide bonds. The third-order valence-corrected chi connectivity index (χ3v) is 4.10. The molecule has 24 heavy (non-hydrogen) atoms. The number of nitrogens with zero attached hydrogens (tertiary/aromatic N) is 2. The van der Waals surface area contributed by atoms with Gasteiger partial charge >= 0.3 is 0 Å². The van der Waals surface area contributed by atoms with E-state index in [1.165, 1.54) is 0 Å². The highest BCUT2D eigenvalue weighted by Gasteiger charge is 2.18. The molecule has 0 aliphatic carbocycles. The molecular weight excluding hydrogens is 296 g/mol. The molecule has 3 heteroatoms. The molecule has 0 aliphatic rings. The van der Waals surface area contributed by atoms with Gasteiger partial charge in [0, 0.05) is 11.1 Å². The van der Waals surface area contributed by atoms with Gasteiger partial charge in [-0.25, -0.2) is 0 Å². The van der Waals surface area contributed by atoms with E-state index in [2.05, 4.69) is 26.0 Å². The number of carbonyl (C=O) groups is 1. The van der Waals surface area contributed by atoms with E-state index >= 15 is 0 Å². The molecule has 0 unspecified atom stereocenters. The number of carbonyl (C=O) groups excluding carboxylic acids is 1. The molecule has 0 atom stereocenters. The molecule has 2 aromatic rings. The lowest BCUT2D eigenvalue weighted by atomic mass is 9.89. The van der Waals surface area contributed by atoms with Gasteiger partial charge in [-0.1, -0.05) is 52.0 Å². The first-order chi connectivity index (χ1) is 11.4. The van der Waals surface area contributed by atoms with Gasteiger partial charge in [0.25, 0.3) is 0 Å². The molecule has 0 N–H and O–H groups in total. The molecule has 120 valence electrons. The zero-order valence-corrected chi connectivity index (χ0v) is 14.4. The van der Waals surface area contributed by atoms with E-state index in [-0.39, 0.29) is 11.7 Å². The molecule has 0 heterocycles. The first kappa shape index (κ1) is 17.4.